The number of carbonyl (C=O) groups excluding carboxylic acids is 1. The molecule has 0 aliphatic carbocycles. The smallest absolute Gasteiger partial charge is 0.285 e. The zero-order chi connectivity index (χ0) is 23.0. The van der Waals surface area contributed by atoms with Crippen LogP contribution in [0.5, 0.6) is 0 Å². The second-order valence-corrected chi connectivity index (χ2v) is 10.1. The number of carbonyl (C=O) groups is 1. The average Bonchev–Trinajstić information content (AvgIpc) is 3.41. The van der Waals surface area contributed by atoms with Gasteiger partial charge in [0.2, 0.25) is 5.91 Å². The molecule has 9 heteroatoms. The Balaban J connectivity index is 1.16. The monoisotopic (exact) mass is 483 g/mol. The number of halogens is 1. The third-order valence-electron chi connectivity index (χ3n) is 6.01. The van der Waals surface area contributed by atoms with E-state index in [4.69, 9.17) is 16.0 Å². The molecule has 0 bridgehead atoms. The first-order valence-electron chi connectivity index (χ1n) is 10.7. The van der Waals surface area contributed by atoms with Crippen molar-refractivity contribution in [1.82, 2.24) is 10.2 Å². The molecule has 1 fully saturated rings. The summed E-state index contributed by atoms with van der Waals surface area (Å²) in [5.74, 6) is 1.71. The van der Waals surface area contributed by atoms with Crippen LogP contribution in [0.15, 0.2) is 74.4 Å². The number of nitrogens with one attached hydrogen (secondary N) is 1. The lowest BCUT2D eigenvalue weighted by Gasteiger charge is -2.32. The van der Waals surface area contributed by atoms with Crippen molar-refractivity contribution in [2.75, 3.05) is 13.1 Å². The number of fused-ring (bicyclic) bond motifs is 1. The van der Waals surface area contributed by atoms with Gasteiger partial charge in [0.05, 0.1) is 6.54 Å². The highest BCUT2D eigenvalue weighted by Crippen LogP contribution is 2.30. The number of likely N-dealkylation sites (tertiary alicyclic amines) is 1. The lowest BCUT2D eigenvalue weighted by molar-refractivity contribution is -0.126. The molecule has 2 aromatic carbocycles. The minimum Gasteiger partial charge on any atom is -0.459 e. The summed E-state index contributed by atoms with van der Waals surface area (Å²) in [4.78, 5) is 14.9. The maximum absolute atomic E-state index is 12.7. The molecule has 3 heterocycles. The van der Waals surface area contributed by atoms with Crippen molar-refractivity contribution < 1.29 is 17.6 Å². The zero-order valence-corrected chi connectivity index (χ0v) is 19.3. The van der Waals surface area contributed by atoms with Gasteiger partial charge in [-0.25, -0.2) is 0 Å². The van der Waals surface area contributed by atoms with Gasteiger partial charge in [-0.15, -0.1) is 4.40 Å². The van der Waals surface area contributed by atoms with E-state index in [1.54, 1.807) is 30.3 Å². The predicted octanol–water partition coefficient (Wildman–Crippen LogP) is 4.08. The molecule has 1 aromatic heterocycles. The van der Waals surface area contributed by atoms with Crippen LogP contribution in [0.1, 0.15) is 24.2 Å². The van der Waals surface area contributed by atoms with Crippen molar-refractivity contribution in [3.05, 3.63) is 77.0 Å². The molecular formula is C24H22ClN3O4S. The molecule has 0 spiro atoms. The van der Waals surface area contributed by atoms with E-state index in [2.05, 4.69) is 9.71 Å². The molecule has 0 unspecified atom stereocenters. The first-order valence-corrected chi connectivity index (χ1v) is 12.5. The first-order chi connectivity index (χ1) is 15.9. The van der Waals surface area contributed by atoms with Crippen LogP contribution in [0.4, 0.5) is 0 Å². The Bertz CT molecular complexity index is 1320. The van der Waals surface area contributed by atoms with E-state index in [0.717, 1.165) is 11.3 Å². The van der Waals surface area contributed by atoms with Gasteiger partial charge < -0.3 is 14.6 Å². The maximum atomic E-state index is 12.7. The highest BCUT2D eigenvalue weighted by atomic mass is 35.5. The molecule has 7 nitrogen and oxygen atoms in total. The quantitative estimate of drug-likeness (QED) is 0.603. The number of amides is 1. The van der Waals surface area contributed by atoms with Crippen molar-refractivity contribution in [3.8, 4) is 11.3 Å². The Morgan fingerprint density at radius 2 is 1.79 bits per heavy atom. The number of sulfonamides is 1. The molecule has 1 saturated heterocycles. The van der Waals surface area contributed by atoms with Gasteiger partial charge >= 0.3 is 0 Å². The van der Waals surface area contributed by atoms with Crippen LogP contribution in [0, 0.1) is 5.92 Å². The minimum atomic E-state index is -3.64. The fourth-order valence-electron chi connectivity index (χ4n) is 4.23. The third kappa shape index (κ3) is 4.41. The van der Waals surface area contributed by atoms with Gasteiger partial charge in [-0.1, -0.05) is 23.7 Å². The number of hydrogen-bond acceptors (Lipinski definition) is 5. The zero-order valence-electron chi connectivity index (χ0n) is 17.7. The van der Waals surface area contributed by atoms with Crippen LogP contribution in [0.2, 0.25) is 5.02 Å². The van der Waals surface area contributed by atoms with Crippen LogP contribution in [0.3, 0.4) is 0 Å². The van der Waals surface area contributed by atoms with Crippen LogP contribution in [-0.4, -0.2) is 38.2 Å². The van der Waals surface area contributed by atoms with E-state index in [-0.39, 0.29) is 16.7 Å². The Hall–Kier alpha value is -3.10. The van der Waals surface area contributed by atoms with Crippen LogP contribution in [0.25, 0.3) is 11.3 Å². The van der Waals surface area contributed by atoms with Gasteiger partial charge in [-0.05, 0) is 61.4 Å². The van der Waals surface area contributed by atoms with Gasteiger partial charge in [0.1, 0.15) is 16.4 Å². The van der Waals surface area contributed by atoms with E-state index in [1.807, 2.05) is 35.2 Å². The van der Waals surface area contributed by atoms with Crippen molar-refractivity contribution in [1.29, 1.82) is 0 Å². The van der Waals surface area contributed by atoms with Crippen molar-refractivity contribution in [2.45, 2.75) is 24.3 Å². The number of piperidine rings is 1. The average molecular weight is 484 g/mol. The molecule has 33 heavy (non-hydrogen) atoms. The lowest BCUT2D eigenvalue weighted by Crippen LogP contribution is -2.42. The van der Waals surface area contributed by atoms with Gasteiger partial charge in [0, 0.05) is 35.2 Å². The summed E-state index contributed by atoms with van der Waals surface area (Å²) in [6.07, 6.45) is 1.25. The molecular weight excluding hydrogens is 462 g/mol. The summed E-state index contributed by atoms with van der Waals surface area (Å²) in [7, 11) is -3.64. The highest BCUT2D eigenvalue weighted by Gasteiger charge is 2.34. The summed E-state index contributed by atoms with van der Waals surface area (Å²) in [5.41, 5.74) is 1.55. The van der Waals surface area contributed by atoms with E-state index in [0.29, 0.717) is 54.7 Å². The molecule has 0 atom stereocenters. The Morgan fingerprint density at radius 1 is 1.06 bits per heavy atom. The van der Waals surface area contributed by atoms with E-state index >= 15 is 0 Å². The van der Waals surface area contributed by atoms with Crippen LogP contribution >= 0.6 is 11.6 Å². The summed E-state index contributed by atoms with van der Waals surface area (Å²) in [6.45, 7) is 1.45. The topological polar surface area (TPSA) is 92.0 Å². The number of benzene rings is 2. The van der Waals surface area contributed by atoms with Crippen LogP contribution < -0.4 is 5.32 Å². The highest BCUT2D eigenvalue weighted by molar-refractivity contribution is 7.90. The van der Waals surface area contributed by atoms with Crippen LogP contribution in [-0.2, 0) is 21.4 Å². The maximum Gasteiger partial charge on any atom is 0.285 e. The second kappa shape index (κ2) is 8.68. The molecule has 5 rings (SSSR count). The Labute approximate surface area is 197 Å². The molecule has 170 valence electrons. The minimum absolute atomic E-state index is 0.0273. The van der Waals surface area contributed by atoms with Gasteiger partial charge in [0.15, 0.2) is 5.84 Å². The van der Waals surface area contributed by atoms with Crippen molar-refractivity contribution in [2.24, 2.45) is 10.3 Å². The third-order valence-corrected chi connectivity index (χ3v) is 7.58. The normalized spacial score (nSPS) is 17.5. The van der Waals surface area contributed by atoms with Gasteiger partial charge in [0.25, 0.3) is 10.0 Å². The summed E-state index contributed by atoms with van der Waals surface area (Å²) in [6, 6.07) is 18.0. The van der Waals surface area contributed by atoms with E-state index in [1.165, 1.54) is 0 Å². The first kappa shape index (κ1) is 21.7. The van der Waals surface area contributed by atoms with Crippen molar-refractivity contribution in [3.63, 3.8) is 0 Å². The van der Waals surface area contributed by atoms with Gasteiger partial charge in [-0.3, -0.25) is 4.79 Å². The predicted molar refractivity (Wildman–Crippen MR) is 125 cm³/mol. The lowest BCUT2D eigenvalue weighted by atomic mass is 9.95. The van der Waals surface area contributed by atoms with Crippen molar-refractivity contribution >= 4 is 33.4 Å². The molecule has 1 N–H and O–H groups in total. The molecule has 3 aromatic rings. The Morgan fingerprint density at radius 3 is 2.55 bits per heavy atom. The van der Waals surface area contributed by atoms with E-state index in [9.17, 15) is 13.2 Å². The summed E-state index contributed by atoms with van der Waals surface area (Å²) >= 11 is 5.93. The number of rotatable bonds is 4. The second-order valence-electron chi connectivity index (χ2n) is 8.14. The number of nitrogens with zero attached hydrogens (tertiary/aromatic N) is 2. The summed E-state index contributed by atoms with van der Waals surface area (Å²) in [5, 5.41) is 3.62. The standard InChI is InChI=1S/C24H22ClN3O4S/c25-18-7-5-16(6-8-18)21-10-9-19(32-21)15-26-24(29)17-11-13-28(14-12-17)23-20-3-1-2-4-22(20)33(30,31)27-23/h1-10,17H,11-15H2,(H,26,29). The fraction of sp³-hybridized carbons (Fsp3) is 0.250. The molecule has 2 aliphatic heterocycles. The SMILES string of the molecule is O=C(NCc1ccc(-c2ccc(Cl)cc2)o1)C1CCN(C2=NS(=O)(=O)c3ccccc32)CC1. The van der Waals surface area contributed by atoms with Gasteiger partial charge in [-0.2, -0.15) is 8.42 Å². The largest absolute Gasteiger partial charge is 0.459 e. The summed E-state index contributed by atoms with van der Waals surface area (Å²) < 4.78 is 34.5. The number of furan rings is 1. The molecule has 0 radical (unpaired) electrons. The Kier molecular flexibility index (Phi) is 5.72. The molecule has 0 saturated carbocycles. The fourth-order valence-corrected chi connectivity index (χ4v) is 5.58. The molecule has 1 amide bonds. The van der Waals surface area contributed by atoms with E-state index < -0.39 is 10.0 Å². The number of hydrogen-bond donors (Lipinski definition) is 1. The number of amidine groups is 1. The molecule has 2 aliphatic rings.